The Labute approximate surface area is 457 Å². The monoisotopic (exact) mass is 1160 g/mol. The summed E-state index contributed by atoms with van der Waals surface area (Å²) in [5.41, 5.74) is 18.1. The first kappa shape index (κ1) is 50.7. The summed E-state index contributed by atoms with van der Waals surface area (Å²) in [6, 6.07) is 80.7. The normalized spacial score (nSPS) is 12.8. The fourth-order valence-electron chi connectivity index (χ4n) is 10.8. The SMILES string of the molecule is Cc1cccc(C)c1-c1cc(Oc2[c-]c(C3(c4ccccn4)c4ccccc4N(c4ccccc4)c4ccccc43)ccc2)[c-]c(-c2cc(N(c3ccc(C(C)(C)C)cc3)c3ccc(C(C)(C)C)cc3)ccn2)c1.[Pt+2]. The van der Waals surface area contributed by atoms with Gasteiger partial charge in [-0.05, 0) is 136 Å². The molecule has 11 rings (SSSR count). The second-order valence-electron chi connectivity index (χ2n) is 21.4. The maximum Gasteiger partial charge on any atom is 2.00 e. The zero-order valence-electron chi connectivity index (χ0n) is 43.8. The molecule has 10 aromatic rings. The van der Waals surface area contributed by atoms with Gasteiger partial charge >= 0.3 is 21.1 Å². The Morgan fingerprint density at radius 2 is 1.07 bits per heavy atom. The molecule has 0 saturated carbocycles. The van der Waals surface area contributed by atoms with E-state index in [4.69, 9.17) is 14.7 Å². The molecule has 372 valence electrons. The number of aromatic nitrogens is 2. The average molecular weight is 1160 g/mol. The molecule has 0 saturated heterocycles. The molecule has 0 bridgehead atoms. The van der Waals surface area contributed by atoms with Gasteiger partial charge in [0.15, 0.2) is 0 Å². The predicted octanol–water partition coefficient (Wildman–Crippen LogP) is 18.0. The molecule has 3 heterocycles. The zero-order valence-corrected chi connectivity index (χ0v) is 46.1. The molecule has 1 aliphatic heterocycles. The summed E-state index contributed by atoms with van der Waals surface area (Å²) in [4.78, 5) is 14.9. The number of hydrogen-bond acceptors (Lipinski definition) is 5. The van der Waals surface area contributed by atoms with E-state index in [0.717, 1.165) is 78.9 Å². The van der Waals surface area contributed by atoms with Crippen molar-refractivity contribution < 1.29 is 25.8 Å². The van der Waals surface area contributed by atoms with Crippen molar-refractivity contribution in [1.29, 1.82) is 0 Å². The van der Waals surface area contributed by atoms with E-state index >= 15 is 0 Å². The Morgan fingerprint density at radius 1 is 0.493 bits per heavy atom. The summed E-state index contributed by atoms with van der Waals surface area (Å²) in [5.74, 6) is 1.11. The largest absolute Gasteiger partial charge is 2.00 e. The van der Waals surface area contributed by atoms with Gasteiger partial charge < -0.3 is 19.5 Å². The van der Waals surface area contributed by atoms with Crippen molar-refractivity contribution in [2.75, 3.05) is 9.80 Å². The molecule has 0 atom stereocenters. The van der Waals surface area contributed by atoms with Crippen LogP contribution in [0.25, 0.3) is 22.4 Å². The van der Waals surface area contributed by atoms with Crippen molar-refractivity contribution in [3.05, 3.63) is 275 Å². The minimum atomic E-state index is -0.857. The Bertz CT molecular complexity index is 3510. The third-order valence-electron chi connectivity index (χ3n) is 14.4. The minimum Gasteiger partial charge on any atom is -0.503 e. The maximum absolute atomic E-state index is 7.07. The number of para-hydroxylation sites is 3. The minimum absolute atomic E-state index is 0. The Kier molecular flexibility index (Phi) is 13.8. The van der Waals surface area contributed by atoms with Crippen LogP contribution in [0.4, 0.5) is 34.1 Å². The van der Waals surface area contributed by atoms with Crippen LogP contribution in [0.5, 0.6) is 11.5 Å². The quantitative estimate of drug-likeness (QED) is 0.128. The maximum atomic E-state index is 7.07. The smallest absolute Gasteiger partial charge is 0.503 e. The second-order valence-corrected chi connectivity index (χ2v) is 21.4. The topological polar surface area (TPSA) is 41.5 Å². The second kappa shape index (κ2) is 20.5. The number of rotatable bonds is 10. The van der Waals surface area contributed by atoms with E-state index in [1.807, 2.05) is 24.5 Å². The van der Waals surface area contributed by atoms with Crippen molar-refractivity contribution in [2.45, 2.75) is 71.6 Å². The molecule has 0 amide bonds. The molecular formula is C69H60N4OPt. The number of anilines is 6. The number of nitrogens with zero attached hydrogens (tertiary/aromatic N) is 4. The molecule has 0 unspecified atom stereocenters. The Balaban J connectivity index is 0.00000641. The molecule has 0 fully saturated rings. The third-order valence-corrected chi connectivity index (χ3v) is 14.4. The van der Waals surface area contributed by atoms with Crippen molar-refractivity contribution in [3.8, 4) is 33.9 Å². The van der Waals surface area contributed by atoms with Gasteiger partial charge in [0.1, 0.15) is 0 Å². The summed E-state index contributed by atoms with van der Waals surface area (Å²) < 4.78 is 7.07. The number of ether oxygens (including phenoxy) is 1. The molecule has 1 aliphatic rings. The summed E-state index contributed by atoms with van der Waals surface area (Å²) in [7, 11) is 0. The fourth-order valence-corrected chi connectivity index (χ4v) is 10.8. The van der Waals surface area contributed by atoms with Crippen LogP contribution in [-0.4, -0.2) is 9.97 Å². The standard InChI is InChI=1S/C69H60N4O.Pt/c1-47-20-18-21-48(2)66(47)50-42-49(62-46-57(39-41-70-62)72(55-35-31-51(32-36-55)67(3,4)5)56-37-33-52(34-38-56)68(6,7)8)43-59(44-50)74-58-25-19-22-53(45-58)69(65-30-16-17-40-71-65)60-26-12-14-28-63(60)73(54-23-10-9-11-24-54)64-29-15-13-27-61(64)69;/h9-42,44,46H,1-8H3;/q-2;+2. The molecule has 75 heavy (non-hydrogen) atoms. The van der Waals surface area contributed by atoms with Gasteiger partial charge in [-0.15, -0.1) is 29.3 Å². The Hall–Kier alpha value is -7.85. The number of aryl methyl sites for hydroxylation is 2. The van der Waals surface area contributed by atoms with Crippen LogP contribution >= 0.6 is 0 Å². The van der Waals surface area contributed by atoms with Crippen molar-refractivity contribution in [2.24, 2.45) is 0 Å². The van der Waals surface area contributed by atoms with Crippen molar-refractivity contribution in [3.63, 3.8) is 0 Å². The van der Waals surface area contributed by atoms with Gasteiger partial charge in [0.2, 0.25) is 0 Å². The summed E-state index contributed by atoms with van der Waals surface area (Å²) >= 11 is 0. The Morgan fingerprint density at radius 3 is 1.65 bits per heavy atom. The molecule has 8 aromatic carbocycles. The predicted molar refractivity (Wildman–Crippen MR) is 305 cm³/mol. The molecule has 0 N–H and O–H groups in total. The fraction of sp³-hybridized carbons (Fsp3) is 0.159. The van der Waals surface area contributed by atoms with Gasteiger partial charge in [-0.3, -0.25) is 4.98 Å². The van der Waals surface area contributed by atoms with E-state index in [1.165, 1.54) is 22.3 Å². The van der Waals surface area contributed by atoms with E-state index < -0.39 is 5.41 Å². The van der Waals surface area contributed by atoms with E-state index in [0.29, 0.717) is 11.5 Å². The van der Waals surface area contributed by atoms with E-state index in [1.54, 1.807) is 0 Å². The first-order chi connectivity index (χ1) is 35.8. The molecule has 0 spiro atoms. The van der Waals surface area contributed by atoms with E-state index in [-0.39, 0.29) is 31.9 Å². The number of pyridine rings is 2. The van der Waals surface area contributed by atoms with Gasteiger partial charge in [0.25, 0.3) is 0 Å². The van der Waals surface area contributed by atoms with E-state index in [9.17, 15) is 0 Å². The van der Waals surface area contributed by atoms with Gasteiger partial charge in [-0.25, -0.2) is 0 Å². The first-order valence-corrected chi connectivity index (χ1v) is 25.6. The van der Waals surface area contributed by atoms with Gasteiger partial charge in [0.05, 0.1) is 22.5 Å². The first-order valence-electron chi connectivity index (χ1n) is 25.6. The summed E-state index contributed by atoms with van der Waals surface area (Å²) in [6.45, 7) is 17.8. The van der Waals surface area contributed by atoms with Crippen LogP contribution in [0, 0.1) is 26.0 Å². The third kappa shape index (κ3) is 9.63. The van der Waals surface area contributed by atoms with Crippen LogP contribution < -0.4 is 14.5 Å². The van der Waals surface area contributed by atoms with Crippen LogP contribution in [0.3, 0.4) is 0 Å². The van der Waals surface area contributed by atoms with Crippen molar-refractivity contribution in [1.82, 2.24) is 9.97 Å². The summed E-state index contributed by atoms with van der Waals surface area (Å²) in [6.07, 6.45) is 3.78. The molecule has 6 heteroatoms. The van der Waals surface area contributed by atoms with Crippen LogP contribution in [-0.2, 0) is 37.3 Å². The number of fused-ring (bicyclic) bond motifs is 2. The van der Waals surface area contributed by atoms with Gasteiger partial charge in [-0.1, -0.05) is 168 Å². The molecule has 0 radical (unpaired) electrons. The van der Waals surface area contributed by atoms with Crippen LogP contribution in [0.2, 0.25) is 0 Å². The van der Waals surface area contributed by atoms with E-state index in [2.05, 4.69) is 271 Å². The van der Waals surface area contributed by atoms with Gasteiger partial charge in [-0.2, -0.15) is 12.1 Å². The van der Waals surface area contributed by atoms with Gasteiger partial charge in [0, 0.05) is 46.6 Å². The van der Waals surface area contributed by atoms with Crippen LogP contribution in [0.15, 0.2) is 219 Å². The number of hydrogen-bond donors (Lipinski definition) is 0. The molecular weight excluding hydrogens is 1100 g/mol. The van der Waals surface area contributed by atoms with Crippen molar-refractivity contribution >= 4 is 34.1 Å². The average Bonchev–Trinajstić information content (AvgIpc) is 3.43. The summed E-state index contributed by atoms with van der Waals surface area (Å²) in [5, 5.41) is 0. The molecule has 0 aliphatic carbocycles. The zero-order chi connectivity index (χ0) is 51.2. The molecule has 2 aromatic heterocycles. The van der Waals surface area contributed by atoms with Crippen LogP contribution in [0.1, 0.15) is 86.2 Å². The molecule has 5 nitrogen and oxygen atoms in total. The number of benzene rings is 8.